The summed E-state index contributed by atoms with van der Waals surface area (Å²) in [5.74, 6) is 2.03. The normalized spacial score (nSPS) is 11.1. The first kappa shape index (κ1) is 24.6. The van der Waals surface area contributed by atoms with Crippen LogP contribution in [0.15, 0.2) is 46.0 Å². The first-order valence-corrected chi connectivity index (χ1v) is 12.5. The van der Waals surface area contributed by atoms with Crippen molar-refractivity contribution >= 4 is 50.9 Å². The molecule has 3 aromatic rings. The SMILES string of the molecule is CCn1c(COc2cc(C)ccc2C(C)C)nnc1SCC(=O)Nc1ccc(Br)c(Cl)c1. The van der Waals surface area contributed by atoms with Crippen molar-refractivity contribution in [2.45, 2.75) is 51.9 Å². The number of carbonyl (C=O) groups is 1. The maximum atomic E-state index is 12.4. The van der Waals surface area contributed by atoms with Crippen LogP contribution in [0, 0.1) is 6.92 Å². The number of ether oxygens (including phenoxy) is 1. The molecule has 0 aliphatic heterocycles. The van der Waals surface area contributed by atoms with E-state index in [1.807, 2.05) is 18.4 Å². The van der Waals surface area contributed by atoms with E-state index >= 15 is 0 Å². The van der Waals surface area contributed by atoms with Crippen LogP contribution in [0.4, 0.5) is 5.69 Å². The third-order valence-corrected chi connectivity index (χ3v) is 6.99. The fourth-order valence-electron chi connectivity index (χ4n) is 3.14. The van der Waals surface area contributed by atoms with Crippen LogP contribution in [-0.2, 0) is 17.9 Å². The fraction of sp³-hybridized carbons (Fsp3) is 0.348. The monoisotopic (exact) mass is 536 g/mol. The zero-order valence-electron chi connectivity index (χ0n) is 18.5. The van der Waals surface area contributed by atoms with Gasteiger partial charge in [-0.2, -0.15) is 0 Å². The van der Waals surface area contributed by atoms with E-state index in [1.165, 1.54) is 11.8 Å². The maximum absolute atomic E-state index is 12.4. The first-order chi connectivity index (χ1) is 15.3. The minimum absolute atomic E-state index is 0.141. The number of anilines is 1. The van der Waals surface area contributed by atoms with E-state index in [1.54, 1.807) is 18.2 Å². The summed E-state index contributed by atoms with van der Waals surface area (Å²) in [6.45, 7) is 9.36. The largest absolute Gasteiger partial charge is 0.485 e. The Morgan fingerprint density at radius 1 is 1.25 bits per heavy atom. The minimum atomic E-state index is -0.141. The number of hydrogen-bond acceptors (Lipinski definition) is 5. The second-order valence-corrected chi connectivity index (χ2v) is 9.80. The van der Waals surface area contributed by atoms with E-state index in [2.05, 4.69) is 63.5 Å². The number of aromatic nitrogens is 3. The van der Waals surface area contributed by atoms with Crippen molar-refractivity contribution in [1.82, 2.24) is 14.8 Å². The van der Waals surface area contributed by atoms with Gasteiger partial charge < -0.3 is 14.6 Å². The third-order valence-electron chi connectivity index (χ3n) is 4.79. The number of carbonyl (C=O) groups excluding carboxylic acids is 1. The van der Waals surface area contributed by atoms with Crippen LogP contribution in [0.2, 0.25) is 5.02 Å². The van der Waals surface area contributed by atoms with Crippen molar-refractivity contribution in [2.24, 2.45) is 0 Å². The lowest BCUT2D eigenvalue weighted by Gasteiger charge is -2.15. The topological polar surface area (TPSA) is 69.0 Å². The van der Waals surface area contributed by atoms with Crippen molar-refractivity contribution in [3.05, 3.63) is 62.8 Å². The van der Waals surface area contributed by atoms with Gasteiger partial charge in [0.05, 0.1) is 10.8 Å². The summed E-state index contributed by atoms with van der Waals surface area (Å²) in [4.78, 5) is 12.4. The molecule has 1 aromatic heterocycles. The van der Waals surface area contributed by atoms with Gasteiger partial charge >= 0.3 is 0 Å². The molecule has 1 N–H and O–H groups in total. The molecule has 0 unspecified atom stereocenters. The Bertz CT molecular complexity index is 1100. The third kappa shape index (κ3) is 6.27. The molecule has 0 aliphatic rings. The van der Waals surface area contributed by atoms with Gasteiger partial charge in [0, 0.05) is 16.7 Å². The quantitative estimate of drug-likeness (QED) is 0.317. The average molecular weight is 538 g/mol. The summed E-state index contributed by atoms with van der Waals surface area (Å²) < 4.78 is 8.87. The van der Waals surface area contributed by atoms with Crippen LogP contribution in [0.5, 0.6) is 5.75 Å². The molecule has 170 valence electrons. The van der Waals surface area contributed by atoms with Gasteiger partial charge in [-0.3, -0.25) is 4.79 Å². The van der Waals surface area contributed by atoms with E-state index in [0.29, 0.717) is 34.9 Å². The van der Waals surface area contributed by atoms with E-state index in [-0.39, 0.29) is 11.7 Å². The van der Waals surface area contributed by atoms with Crippen LogP contribution in [0.3, 0.4) is 0 Å². The minimum Gasteiger partial charge on any atom is -0.485 e. The maximum Gasteiger partial charge on any atom is 0.234 e. The summed E-state index contributed by atoms with van der Waals surface area (Å²) in [5, 5.41) is 12.6. The van der Waals surface area contributed by atoms with Crippen LogP contribution in [0.1, 0.15) is 43.6 Å². The summed E-state index contributed by atoms with van der Waals surface area (Å²) in [7, 11) is 0. The highest BCUT2D eigenvalue weighted by molar-refractivity contribution is 9.10. The molecular weight excluding hydrogens is 512 g/mol. The van der Waals surface area contributed by atoms with Crippen molar-refractivity contribution < 1.29 is 9.53 Å². The molecule has 1 heterocycles. The Morgan fingerprint density at radius 3 is 2.72 bits per heavy atom. The molecule has 1 amide bonds. The van der Waals surface area contributed by atoms with Crippen LogP contribution >= 0.6 is 39.3 Å². The molecule has 9 heteroatoms. The lowest BCUT2D eigenvalue weighted by Crippen LogP contribution is -2.15. The summed E-state index contributed by atoms with van der Waals surface area (Å²) in [6, 6.07) is 11.5. The molecular formula is C23H26BrClN4O2S. The van der Waals surface area contributed by atoms with Gasteiger partial charge in [0.2, 0.25) is 5.91 Å². The Kier molecular flexibility index (Phi) is 8.62. The summed E-state index contributed by atoms with van der Waals surface area (Å²) >= 11 is 10.8. The Morgan fingerprint density at radius 2 is 2.03 bits per heavy atom. The molecule has 0 atom stereocenters. The highest BCUT2D eigenvalue weighted by Gasteiger charge is 2.15. The highest BCUT2D eigenvalue weighted by Crippen LogP contribution is 2.29. The number of nitrogens with zero attached hydrogens (tertiary/aromatic N) is 3. The number of amides is 1. The zero-order valence-corrected chi connectivity index (χ0v) is 21.6. The first-order valence-electron chi connectivity index (χ1n) is 10.3. The molecule has 0 aliphatic carbocycles. The van der Waals surface area contributed by atoms with Gasteiger partial charge in [-0.15, -0.1) is 10.2 Å². The molecule has 6 nitrogen and oxygen atoms in total. The number of hydrogen-bond donors (Lipinski definition) is 1. The standard InChI is InChI=1S/C23H26BrClN4O2S/c1-5-29-21(12-31-20-10-15(4)6-8-17(20)14(2)3)27-28-23(29)32-13-22(30)26-16-7-9-18(24)19(25)11-16/h6-11,14H,5,12-13H2,1-4H3,(H,26,30). The van der Waals surface area contributed by atoms with Gasteiger partial charge in [-0.1, -0.05) is 49.3 Å². The molecule has 0 spiro atoms. The molecule has 32 heavy (non-hydrogen) atoms. The Hall–Kier alpha value is -2.03. The lowest BCUT2D eigenvalue weighted by atomic mass is 10.0. The van der Waals surface area contributed by atoms with Crippen LogP contribution < -0.4 is 10.1 Å². The van der Waals surface area contributed by atoms with Crippen LogP contribution in [-0.4, -0.2) is 26.4 Å². The van der Waals surface area contributed by atoms with Gasteiger partial charge in [0.15, 0.2) is 11.0 Å². The number of nitrogens with one attached hydrogen (secondary N) is 1. The number of aryl methyl sites for hydroxylation is 1. The predicted octanol–water partition coefficient (Wildman–Crippen LogP) is 6.46. The Labute approximate surface area is 206 Å². The second kappa shape index (κ2) is 11.2. The average Bonchev–Trinajstić information content (AvgIpc) is 3.15. The fourth-order valence-corrected chi connectivity index (χ4v) is 4.39. The van der Waals surface area contributed by atoms with E-state index in [0.717, 1.165) is 27.2 Å². The molecule has 3 rings (SSSR count). The van der Waals surface area contributed by atoms with Crippen molar-refractivity contribution in [2.75, 3.05) is 11.1 Å². The Balaban J connectivity index is 1.63. The van der Waals surface area contributed by atoms with Gasteiger partial charge in [0.25, 0.3) is 0 Å². The van der Waals surface area contributed by atoms with Gasteiger partial charge in [-0.05, 0) is 71.1 Å². The lowest BCUT2D eigenvalue weighted by molar-refractivity contribution is -0.113. The smallest absolute Gasteiger partial charge is 0.234 e. The second-order valence-electron chi connectivity index (χ2n) is 7.59. The van der Waals surface area contributed by atoms with Crippen molar-refractivity contribution in [1.29, 1.82) is 0 Å². The predicted molar refractivity (Wildman–Crippen MR) is 134 cm³/mol. The summed E-state index contributed by atoms with van der Waals surface area (Å²) in [5.41, 5.74) is 2.96. The van der Waals surface area contributed by atoms with Gasteiger partial charge in [-0.25, -0.2) is 0 Å². The van der Waals surface area contributed by atoms with Crippen LogP contribution in [0.25, 0.3) is 0 Å². The van der Waals surface area contributed by atoms with Gasteiger partial charge in [0.1, 0.15) is 12.4 Å². The molecule has 0 fully saturated rings. The van der Waals surface area contributed by atoms with E-state index in [9.17, 15) is 4.79 Å². The zero-order chi connectivity index (χ0) is 23.3. The number of rotatable bonds is 9. The van der Waals surface area contributed by atoms with E-state index in [4.69, 9.17) is 16.3 Å². The number of benzene rings is 2. The molecule has 0 radical (unpaired) electrons. The van der Waals surface area contributed by atoms with Crippen molar-refractivity contribution in [3.8, 4) is 5.75 Å². The molecule has 0 bridgehead atoms. The number of halogens is 2. The summed E-state index contributed by atoms with van der Waals surface area (Å²) in [6.07, 6.45) is 0. The van der Waals surface area contributed by atoms with Crippen molar-refractivity contribution in [3.63, 3.8) is 0 Å². The highest BCUT2D eigenvalue weighted by atomic mass is 79.9. The van der Waals surface area contributed by atoms with E-state index < -0.39 is 0 Å². The molecule has 0 saturated heterocycles. The molecule has 2 aromatic carbocycles. The number of thioether (sulfide) groups is 1. The molecule has 0 saturated carbocycles.